The molecule has 0 saturated carbocycles. The van der Waals surface area contributed by atoms with Crippen LogP contribution in [0.1, 0.15) is 39.9 Å². The van der Waals surface area contributed by atoms with Gasteiger partial charge in [0, 0.05) is 0 Å². The van der Waals surface area contributed by atoms with Crippen LogP contribution in [0.3, 0.4) is 0 Å². The maximum Gasteiger partial charge on any atom is 0.249 e. The SMILES string of the molecule is Cc1nnn(CC2(C)CC(=O)N2OC(C)(C)C)n1. The summed E-state index contributed by atoms with van der Waals surface area (Å²) in [5.41, 5.74) is -0.805. The van der Waals surface area contributed by atoms with E-state index in [4.69, 9.17) is 4.84 Å². The molecule has 1 unspecified atom stereocenters. The molecule has 1 aromatic rings. The molecule has 0 aromatic carbocycles. The van der Waals surface area contributed by atoms with Gasteiger partial charge in [-0.1, -0.05) is 0 Å². The highest BCUT2D eigenvalue weighted by Crippen LogP contribution is 2.35. The van der Waals surface area contributed by atoms with Gasteiger partial charge < -0.3 is 0 Å². The van der Waals surface area contributed by atoms with Crippen LogP contribution >= 0.6 is 0 Å². The predicted molar refractivity (Wildman–Crippen MR) is 63.3 cm³/mol. The Morgan fingerprint density at radius 3 is 2.56 bits per heavy atom. The summed E-state index contributed by atoms with van der Waals surface area (Å²) in [7, 11) is 0. The number of hydroxylamine groups is 2. The molecule has 0 aliphatic carbocycles. The predicted octanol–water partition coefficient (Wildman–Crippen LogP) is 0.703. The van der Waals surface area contributed by atoms with Crippen LogP contribution in [0.25, 0.3) is 0 Å². The molecular formula is C11H19N5O2. The quantitative estimate of drug-likeness (QED) is 0.741. The number of tetrazole rings is 1. The highest BCUT2D eigenvalue weighted by Gasteiger charge is 2.51. The number of rotatable bonds is 3. The molecule has 0 spiro atoms. The summed E-state index contributed by atoms with van der Waals surface area (Å²) in [6.45, 7) is 9.96. The minimum absolute atomic E-state index is 0.00994. The van der Waals surface area contributed by atoms with E-state index < -0.39 is 11.1 Å². The number of amides is 1. The lowest BCUT2D eigenvalue weighted by Crippen LogP contribution is -2.65. The number of hydrogen-bond acceptors (Lipinski definition) is 5. The van der Waals surface area contributed by atoms with Crippen LogP contribution in [0.5, 0.6) is 0 Å². The Morgan fingerprint density at radius 1 is 1.44 bits per heavy atom. The Morgan fingerprint density at radius 2 is 2.11 bits per heavy atom. The monoisotopic (exact) mass is 253 g/mol. The van der Waals surface area contributed by atoms with E-state index in [0.29, 0.717) is 18.8 Å². The lowest BCUT2D eigenvalue weighted by molar-refractivity contribution is -0.294. The van der Waals surface area contributed by atoms with Gasteiger partial charge in [-0.25, -0.2) is 5.06 Å². The van der Waals surface area contributed by atoms with Crippen LogP contribution < -0.4 is 0 Å². The Labute approximate surface area is 106 Å². The maximum atomic E-state index is 11.7. The molecule has 7 nitrogen and oxygen atoms in total. The normalized spacial score (nSPS) is 24.3. The summed E-state index contributed by atoms with van der Waals surface area (Å²) in [5, 5.41) is 13.3. The zero-order chi connectivity index (χ0) is 13.6. The molecule has 100 valence electrons. The average Bonchev–Trinajstić information content (AvgIpc) is 2.59. The van der Waals surface area contributed by atoms with Crippen molar-refractivity contribution in [1.82, 2.24) is 25.3 Å². The molecular weight excluding hydrogens is 234 g/mol. The Bertz CT molecular complexity index is 464. The van der Waals surface area contributed by atoms with Crippen LogP contribution in [0.4, 0.5) is 0 Å². The second-order valence-corrected chi connectivity index (χ2v) is 5.93. The third kappa shape index (κ3) is 2.50. The van der Waals surface area contributed by atoms with Gasteiger partial charge in [0.05, 0.1) is 24.1 Å². The largest absolute Gasteiger partial charge is 0.272 e. The first-order valence-corrected chi connectivity index (χ1v) is 5.96. The lowest BCUT2D eigenvalue weighted by atomic mass is 9.88. The Hall–Kier alpha value is -1.50. The number of aryl methyl sites for hydroxylation is 1. The minimum Gasteiger partial charge on any atom is -0.272 e. The molecule has 0 radical (unpaired) electrons. The van der Waals surface area contributed by atoms with E-state index in [1.165, 1.54) is 9.86 Å². The van der Waals surface area contributed by atoms with Crippen LogP contribution in [-0.2, 0) is 16.2 Å². The van der Waals surface area contributed by atoms with Crippen molar-refractivity contribution in [2.24, 2.45) is 0 Å². The summed E-state index contributed by atoms with van der Waals surface area (Å²) >= 11 is 0. The van der Waals surface area contributed by atoms with Gasteiger partial charge in [0.15, 0.2) is 5.82 Å². The fourth-order valence-corrected chi connectivity index (χ4v) is 1.93. The van der Waals surface area contributed by atoms with E-state index in [0.717, 1.165) is 0 Å². The van der Waals surface area contributed by atoms with E-state index in [1.54, 1.807) is 6.92 Å². The zero-order valence-corrected chi connectivity index (χ0v) is 11.5. The van der Waals surface area contributed by atoms with Crippen LogP contribution in [0, 0.1) is 6.92 Å². The molecule has 0 bridgehead atoms. The molecule has 1 fully saturated rings. The van der Waals surface area contributed by atoms with Crippen molar-refractivity contribution in [3.05, 3.63) is 5.82 Å². The van der Waals surface area contributed by atoms with Crippen molar-refractivity contribution >= 4 is 5.91 Å². The Kier molecular flexibility index (Phi) is 2.89. The second-order valence-electron chi connectivity index (χ2n) is 5.93. The topological polar surface area (TPSA) is 73.1 Å². The lowest BCUT2D eigenvalue weighted by Gasteiger charge is -2.49. The molecule has 2 heterocycles. The van der Waals surface area contributed by atoms with Gasteiger partial charge in [-0.05, 0) is 39.8 Å². The van der Waals surface area contributed by atoms with Crippen molar-refractivity contribution in [3.63, 3.8) is 0 Å². The van der Waals surface area contributed by atoms with Gasteiger partial charge in [-0.2, -0.15) is 4.80 Å². The van der Waals surface area contributed by atoms with Gasteiger partial charge in [-0.15, -0.1) is 10.2 Å². The summed E-state index contributed by atoms with van der Waals surface area (Å²) in [4.78, 5) is 18.8. The number of β-lactam (4-membered cyclic amide) rings is 1. The van der Waals surface area contributed by atoms with Crippen molar-refractivity contribution in [2.45, 2.75) is 58.7 Å². The molecule has 2 rings (SSSR count). The first-order chi connectivity index (χ1) is 8.20. The van der Waals surface area contributed by atoms with E-state index in [1.807, 2.05) is 27.7 Å². The van der Waals surface area contributed by atoms with Gasteiger partial charge >= 0.3 is 0 Å². The number of nitrogens with zero attached hydrogens (tertiary/aromatic N) is 5. The number of hydrogen-bond donors (Lipinski definition) is 0. The molecule has 1 aliphatic rings. The third-order valence-electron chi connectivity index (χ3n) is 2.65. The molecule has 1 aromatic heterocycles. The fraction of sp³-hybridized carbons (Fsp3) is 0.818. The van der Waals surface area contributed by atoms with E-state index >= 15 is 0 Å². The average molecular weight is 253 g/mol. The van der Waals surface area contributed by atoms with Crippen molar-refractivity contribution < 1.29 is 9.63 Å². The molecule has 1 amide bonds. The number of carbonyl (C=O) groups excluding carboxylic acids is 1. The molecule has 7 heteroatoms. The van der Waals surface area contributed by atoms with Gasteiger partial charge in [-0.3, -0.25) is 9.63 Å². The van der Waals surface area contributed by atoms with Crippen molar-refractivity contribution in [3.8, 4) is 0 Å². The van der Waals surface area contributed by atoms with Crippen LogP contribution in [-0.4, -0.2) is 42.3 Å². The van der Waals surface area contributed by atoms with Gasteiger partial charge in [0.25, 0.3) is 0 Å². The zero-order valence-electron chi connectivity index (χ0n) is 11.5. The number of carbonyl (C=O) groups is 1. The molecule has 18 heavy (non-hydrogen) atoms. The first-order valence-electron chi connectivity index (χ1n) is 5.96. The van der Waals surface area contributed by atoms with Crippen molar-refractivity contribution in [2.75, 3.05) is 0 Å². The second kappa shape index (κ2) is 4.01. The number of aromatic nitrogens is 4. The first kappa shape index (κ1) is 12.9. The van der Waals surface area contributed by atoms with E-state index in [2.05, 4.69) is 15.4 Å². The summed E-state index contributed by atoms with van der Waals surface area (Å²) in [5.74, 6) is 0.608. The van der Waals surface area contributed by atoms with Gasteiger partial charge in [0.1, 0.15) is 0 Å². The van der Waals surface area contributed by atoms with E-state index in [-0.39, 0.29) is 5.91 Å². The van der Waals surface area contributed by atoms with E-state index in [9.17, 15) is 4.79 Å². The highest BCUT2D eigenvalue weighted by molar-refractivity contribution is 5.83. The highest BCUT2D eigenvalue weighted by atomic mass is 16.7. The smallest absolute Gasteiger partial charge is 0.249 e. The van der Waals surface area contributed by atoms with Crippen molar-refractivity contribution in [1.29, 1.82) is 0 Å². The fourth-order valence-electron chi connectivity index (χ4n) is 1.93. The third-order valence-corrected chi connectivity index (χ3v) is 2.65. The standard InChI is InChI=1S/C11H19N5O2/c1-8-12-14-15(13-8)7-11(5)6-9(17)16(11)18-10(2,3)4/h6-7H2,1-5H3. The molecule has 1 saturated heterocycles. The van der Waals surface area contributed by atoms with Crippen LogP contribution in [0.2, 0.25) is 0 Å². The molecule has 1 aliphatic heterocycles. The Balaban J connectivity index is 2.09. The summed E-state index contributed by atoms with van der Waals surface area (Å²) in [6.07, 6.45) is 0.434. The molecule has 0 N–H and O–H groups in total. The minimum atomic E-state index is -0.405. The summed E-state index contributed by atoms with van der Waals surface area (Å²) < 4.78 is 0. The van der Waals surface area contributed by atoms with Gasteiger partial charge in [0.2, 0.25) is 5.91 Å². The molecule has 1 atom stereocenters. The van der Waals surface area contributed by atoms with Crippen LogP contribution in [0.15, 0.2) is 0 Å². The summed E-state index contributed by atoms with van der Waals surface area (Å²) in [6, 6.07) is 0. The maximum absolute atomic E-state index is 11.7.